The minimum Gasteiger partial charge on any atom is -0.330 e. The molecule has 0 spiro atoms. The van der Waals surface area contributed by atoms with Crippen molar-refractivity contribution in [2.24, 2.45) is 17.6 Å². The van der Waals surface area contributed by atoms with Gasteiger partial charge >= 0.3 is 0 Å². The number of nitrogens with two attached hydrogens (primary N) is 1. The van der Waals surface area contributed by atoms with Crippen molar-refractivity contribution in [3.8, 4) is 0 Å². The average molecular weight is 315 g/mol. The lowest BCUT2D eigenvalue weighted by Crippen LogP contribution is -2.30. The summed E-state index contributed by atoms with van der Waals surface area (Å²) in [5.74, 6) is -0.414. The number of carbonyl (C=O) groups is 1. The molecule has 98 valence electrons. The van der Waals surface area contributed by atoms with Crippen LogP contribution in [-0.2, 0) is 4.79 Å². The third-order valence-electron chi connectivity index (χ3n) is 3.48. The maximum absolute atomic E-state index is 13.5. The summed E-state index contributed by atoms with van der Waals surface area (Å²) in [6.07, 6.45) is 2.83. The first-order valence-corrected chi connectivity index (χ1v) is 6.87. The molecule has 1 aromatic rings. The highest BCUT2D eigenvalue weighted by atomic mass is 79.9. The monoisotopic (exact) mass is 314 g/mol. The molecular formula is C13H16BrFN2O. The van der Waals surface area contributed by atoms with Crippen molar-refractivity contribution in [2.75, 3.05) is 11.9 Å². The molecule has 1 aliphatic rings. The second kappa shape index (κ2) is 5.80. The molecule has 3 N–H and O–H groups in total. The van der Waals surface area contributed by atoms with E-state index in [0.717, 1.165) is 23.7 Å². The fraction of sp³-hybridized carbons (Fsp3) is 0.462. The van der Waals surface area contributed by atoms with Crippen LogP contribution >= 0.6 is 15.9 Å². The number of carbonyl (C=O) groups excluding carboxylic acids is 1. The van der Waals surface area contributed by atoms with Gasteiger partial charge in [-0.3, -0.25) is 4.79 Å². The van der Waals surface area contributed by atoms with Gasteiger partial charge in [0, 0.05) is 10.4 Å². The fourth-order valence-electron chi connectivity index (χ4n) is 2.48. The topological polar surface area (TPSA) is 55.1 Å². The molecular weight excluding hydrogens is 299 g/mol. The summed E-state index contributed by atoms with van der Waals surface area (Å²) in [5.41, 5.74) is 5.87. The van der Waals surface area contributed by atoms with E-state index in [1.54, 1.807) is 12.1 Å². The van der Waals surface area contributed by atoms with Crippen LogP contribution in [0.1, 0.15) is 19.3 Å². The van der Waals surface area contributed by atoms with E-state index in [9.17, 15) is 9.18 Å². The first-order valence-electron chi connectivity index (χ1n) is 6.08. The van der Waals surface area contributed by atoms with E-state index in [0.29, 0.717) is 6.54 Å². The second-order valence-electron chi connectivity index (χ2n) is 4.65. The Hall–Kier alpha value is -0.940. The van der Waals surface area contributed by atoms with E-state index >= 15 is 0 Å². The van der Waals surface area contributed by atoms with Crippen LogP contribution < -0.4 is 11.1 Å². The Morgan fingerprint density at radius 2 is 2.28 bits per heavy atom. The summed E-state index contributed by atoms with van der Waals surface area (Å²) >= 11 is 3.26. The minimum absolute atomic E-state index is 0.0895. The molecule has 0 radical (unpaired) electrons. The van der Waals surface area contributed by atoms with Crippen molar-refractivity contribution in [2.45, 2.75) is 19.3 Å². The molecule has 2 unspecified atom stereocenters. The Kier molecular flexibility index (Phi) is 4.35. The van der Waals surface area contributed by atoms with Gasteiger partial charge in [-0.2, -0.15) is 0 Å². The van der Waals surface area contributed by atoms with E-state index in [2.05, 4.69) is 21.2 Å². The lowest BCUT2D eigenvalue weighted by atomic mass is 9.95. The summed E-state index contributed by atoms with van der Waals surface area (Å²) in [6, 6.07) is 4.50. The van der Waals surface area contributed by atoms with Crippen LogP contribution in [-0.4, -0.2) is 12.5 Å². The standard InChI is InChI=1S/C13H16BrFN2O/c14-9-4-5-11(15)12(6-9)17-13(18)10-3-1-2-8(10)7-16/h4-6,8,10H,1-3,7,16H2,(H,17,18). The molecule has 3 nitrogen and oxygen atoms in total. The lowest BCUT2D eigenvalue weighted by Gasteiger charge is -2.17. The van der Waals surface area contributed by atoms with Gasteiger partial charge in [-0.15, -0.1) is 0 Å². The number of hydrogen-bond donors (Lipinski definition) is 2. The number of halogens is 2. The van der Waals surface area contributed by atoms with Crippen molar-refractivity contribution in [1.82, 2.24) is 0 Å². The van der Waals surface area contributed by atoms with E-state index in [1.165, 1.54) is 6.07 Å². The van der Waals surface area contributed by atoms with Gasteiger partial charge in [-0.1, -0.05) is 22.4 Å². The predicted molar refractivity (Wildman–Crippen MR) is 72.6 cm³/mol. The second-order valence-corrected chi connectivity index (χ2v) is 5.56. The Balaban J connectivity index is 2.09. The summed E-state index contributed by atoms with van der Waals surface area (Å²) < 4.78 is 14.3. The van der Waals surface area contributed by atoms with Gasteiger partial charge in [-0.25, -0.2) is 4.39 Å². The van der Waals surface area contributed by atoms with E-state index in [1.807, 2.05) is 0 Å². The lowest BCUT2D eigenvalue weighted by molar-refractivity contribution is -0.120. The average Bonchev–Trinajstić information content (AvgIpc) is 2.82. The van der Waals surface area contributed by atoms with Crippen molar-refractivity contribution < 1.29 is 9.18 Å². The van der Waals surface area contributed by atoms with E-state index in [4.69, 9.17) is 5.73 Å². The summed E-state index contributed by atoms with van der Waals surface area (Å²) in [6.45, 7) is 0.513. The van der Waals surface area contributed by atoms with Crippen LogP contribution in [0.2, 0.25) is 0 Å². The SMILES string of the molecule is NCC1CCCC1C(=O)Nc1cc(Br)ccc1F. The number of hydrogen-bond acceptors (Lipinski definition) is 2. The van der Waals surface area contributed by atoms with Crippen molar-refractivity contribution in [3.05, 3.63) is 28.5 Å². The van der Waals surface area contributed by atoms with Gasteiger partial charge in [0.25, 0.3) is 0 Å². The zero-order valence-electron chi connectivity index (χ0n) is 9.96. The smallest absolute Gasteiger partial charge is 0.227 e. The first kappa shape index (κ1) is 13.5. The largest absolute Gasteiger partial charge is 0.330 e. The zero-order chi connectivity index (χ0) is 13.1. The van der Waals surface area contributed by atoms with Gasteiger partial charge in [0.1, 0.15) is 5.82 Å². The molecule has 5 heteroatoms. The molecule has 0 bridgehead atoms. The summed E-state index contributed by atoms with van der Waals surface area (Å²) in [4.78, 5) is 12.1. The van der Waals surface area contributed by atoms with Gasteiger partial charge in [-0.05, 0) is 43.5 Å². The third kappa shape index (κ3) is 2.90. The molecule has 0 aromatic heterocycles. The first-order chi connectivity index (χ1) is 8.61. The summed E-state index contributed by atoms with van der Waals surface area (Å²) in [5, 5.41) is 2.66. The van der Waals surface area contributed by atoms with Crippen LogP contribution in [0.25, 0.3) is 0 Å². The number of nitrogens with one attached hydrogen (secondary N) is 1. The van der Waals surface area contributed by atoms with E-state index in [-0.39, 0.29) is 23.4 Å². The molecule has 0 heterocycles. The molecule has 1 aromatic carbocycles. The third-order valence-corrected chi connectivity index (χ3v) is 3.98. The summed E-state index contributed by atoms with van der Waals surface area (Å²) in [7, 11) is 0. The number of benzene rings is 1. The van der Waals surface area contributed by atoms with E-state index < -0.39 is 5.82 Å². The van der Waals surface area contributed by atoms with Crippen LogP contribution in [0.3, 0.4) is 0 Å². The highest BCUT2D eigenvalue weighted by Crippen LogP contribution is 2.32. The molecule has 1 amide bonds. The molecule has 2 rings (SSSR count). The highest BCUT2D eigenvalue weighted by molar-refractivity contribution is 9.10. The minimum atomic E-state index is -0.422. The van der Waals surface area contributed by atoms with Crippen molar-refractivity contribution >= 4 is 27.5 Å². The Labute approximate surface area is 114 Å². The zero-order valence-corrected chi connectivity index (χ0v) is 11.5. The quantitative estimate of drug-likeness (QED) is 0.901. The normalized spacial score (nSPS) is 23.1. The van der Waals surface area contributed by atoms with Crippen LogP contribution in [0.15, 0.2) is 22.7 Å². The fourth-order valence-corrected chi connectivity index (χ4v) is 2.84. The number of amides is 1. The van der Waals surface area contributed by atoms with Crippen molar-refractivity contribution in [1.29, 1.82) is 0 Å². The number of rotatable bonds is 3. The van der Waals surface area contributed by atoms with Crippen LogP contribution in [0.5, 0.6) is 0 Å². The molecule has 1 aliphatic carbocycles. The Bertz CT molecular complexity index is 453. The predicted octanol–water partition coefficient (Wildman–Crippen LogP) is 2.90. The highest BCUT2D eigenvalue weighted by Gasteiger charge is 2.32. The Morgan fingerprint density at radius 3 is 3.00 bits per heavy atom. The molecule has 1 saturated carbocycles. The molecule has 0 aliphatic heterocycles. The van der Waals surface area contributed by atoms with Gasteiger partial charge in [0.15, 0.2) is 0 Å². The Morgan fingerprint density at radius 1 is 1.50 bits per heavy atom. The molecule has 1 fully saturated rings. The maximum Gasteiger partial charge on any atom is 0.227 e. The van der Waals surface area contributed by atoms with Gasteiger partial charge < -0.3 is 11.1 Å². The number of anilines is 1. The molecule has 0 saturated heterocycles. The van der Waals surface area contributed by atoms with Gasteiger partial charge in [0.2, 0.25) is 5.91 Å². The van der Waals surface area contributed by atoms with Crippen molar-refractivity contribution in [3.63, 3.8) is 0 Å². The molecule has 2 atom stereocenters. The van der Waals surface area contributed by atoms with Crippen LogP contribution in [0.4, 0.5) is 10.1 Å². The van der Waals surface area contributed by atoms with Gasteiger partial charge in [0.05, 0.1) is 5.69 Å². The maximum atomic E-state index is 13.5. The molecule has 18 heavy (non-hydrogen) atoms. The van der Waals surface area contributed by atoms with Crippen LogP contribution in [0, 0.1) is 17.7 Å².